The Morgan fingerprint density at radius 2 is 1.47 bits per heavy atom. The lowest BCUT2D eigenvalue weighted by molar-refractivity contribution is 0.255. The fourth-order valence-electron chi connectivity index (χ4n) is 3.49. The molecule has 1 saturated carbocycles. The Morgan fingerprint density at radius 3 is 2.05 bits per heavy atom. The number of hydrogen-bond acceptors (Lipinski definition) is 2. The fraction of sp³-hybridized carbons (Fsp3) is 1.00. The molecule has 3 N–H and O–H groups in total. The monoisotopic (exact) mass is 268 g/mol. The normalized spacial score (nSPS) is 18.6. The van der Waals surface area contributed by atoms with Crippen molar-refractivity contribution >= 4 is 0 Å². The molecule has 0 spiro atoms. The van der Waals surface area contributed by atoms with Crippen molar-refractivity contribution in [2.75, 3.05) is 0 Å². The van der Waals surface area contributed by atoms with Crippen molar-refractivity contribution in [3.63, 3.8) is 0 Å². The van der Waals surface area contributed by atoms with E-state index in [1.807, 2.05) is 0 Å². The van der Waals surface area contributed by atoms with Crippen LogP contribution in [-0.2, 0) is 0 Å². The third-order valence-electron chi connectivity index (χ3n) is 4.80. The lowest BCUT2D eigenvalue weighted by Crippen LogP contribution is -2.41. The molecule has 1 unspecified atom stereocenters. The molecule has 2 heteroatoms. The van der Waals surface area contributed by atoms with Gasteiger partial charge in [0.1, 0.15) is 0 Å². The molecule has 0 saturated heterocycles. The zero-order valence-electron chi connectivity index (χ0n) is 13.1. The highest BCUT2D eigenvalue weighted by atomic mass is 15.2. The average Bonchev–Trinajstić information content (AvgIpc) is 2.47. The highest BCUT2D eigenvalue weighted by Crippen LogP contribution is 2.28. The van der Waals surface area contributed by atoms with E-state index in [-0.39, 0.29) is 0 Å². The summed E-state index contributed by atoms with van der Waals surface area (Å²) in [5, 5.41) is 0. The van der Waals surface area contributed by atoms with Gasteiger partial charge in [-0.15, -0.1) is 0 Å². The van der Waals surface area contributed by atoms with Crippen molar-refractivity contribution in [3.8, 4) is 0 Å². The molecule has 1 atom stereocenters. The van der Waals surface area contributed by atoms with E-state index in [1.165, 1.54) is 89.9 Å². The lowest BCUT2D eigenvalue weighted by Gasteiger charge is -2.29. The molecule has 0 aromatic carbocycles. The van der Waals surface area contributed by atoms with Gasteiger partial charge in [-0.25, -0.2) is 0 Å². The van der Waals surface area contributed by atoms with Crippen LogP contribution in [-0.4, -0.2) is 6.04 Å². The number of hydrogen-bond donors (Lipinski definition) is 2. The van der Waals surface area contributed by atoms with Crippen LogP contribution in [0.5, 0.6) is 0 Å². The number of hydrazine groups is 1. The molecule has 2 nitrogen and oxygen atoms in total. The van der Waals surface area contributed by atoms with Gasteiger partial charge in [0, 0.05) is 6.04 Å². The molecule has 0 radical (unpaired) electrons. The largest absolute Gasteiger partial charge is 0.271 e. The predicted octanol–water partition coefficient (Wildman–Crippen LogP) is 4.93. The molecule has 0 amide bonds. The summed E-state index contributed by atoms with van der Waals surface area (Å²) < 4.78 is 0. The molecule has 114 valence electrons. The van der Waals surface area contributed by atoms with Crippen molar-refractivity contribution in [1.29, 1.82) is 0 Å². The second kappa shape index (κ2) is 11.7. The summed E-state index contributed by atoms with van der Waals surface area (Å²) >= 11 is 0. The molecule has 0 bridgehead atoms. The first-order valence-electron chi connectivity index (χ1n) is 8.84. The number of nitrogens with one attached hydrogen (secondary N) is 1. The van der Waals surface area contributed by atoms with Gasteiger partial charge in [-0.2, -0.15) is 0 Å². The quantitative estimate of drug-likeness (QED) is 0.317. The van der Waals surface area contributed by atoms with E-state index in [0.717, 1.165) is 5.92 Å². The maximum absolute atomic E-state index is 5.75. The van der Waals surface area contributed by atoms with Gasteiger partial charge in [0.25, 0.3) is 0 Å². The van der Waals surface area contributed by atoms with Crippen molar-refractivity contribution in [2.24, 2.45) is 11.8 Å². The molecule has 1 aliphatic carbocycles. The molecule has 1 rings (SSSR count). The Morgan fingerprint density at radius 1 is 0.895 bits per heavy atom. The highest BCUT2D eigenvalue weighted by molar-refractivity contribution is 4.77. The van der Waals surface area contributed by atoms with Gasteiger partial charge in [0.05, 0.1) is 0 Å². The Kier molecular flexibility index (Phi) is 10.5. The topological polar surface area (TPSA) is 38.0 Å². The first-order chi connectivity index (χ1) is 9.38. The smallest absolute Gasteiger partial charge is 0.0238 e. The van der Waals surface area contributed by atoms with Gasteiger partial charge in [-0.05, 0) is 25.2 Å². The summed E-state index contributed by atoms with van der Waals surface area (Å²) in [5.74, 6) is 6.60. The van der Waals surface area contributed by atoms with E-state index in [9.17, 15) is 0 Å². The molecule has 1 aliphatic rings. The summed E-state index contributed by atoms with van der Waals surface area (Å²) in [5.41, 5.74) is 3.09. The maximum atomic E-state index is 5.75. The SMILES string of the molecule is CCCCCCCCCCC(NN)C1CCCCC1. The number of nitrogens with two attached hydrogens (primary N) is 1. The van der Waals surface area contributed by atoms with Crippen LogP contribution in [0.4, 0.5) is 0 Å². The van der Waals surface area contributed by atoms with Crippen molar-refractivity contribution in [2.45, 2.75) is 103 Å². The summed E-state index contributed by atoms with van der Waals surface area (Å²) in [6, 6.07) is 0.584. The Hall–Kier alpha value is -0.0800. The molecule has 0 aromatic rings. The first-order valence-corrected chi connectivity index (χ1v) is 8.84. The summed E-state index contributed by atoms with van der Waals surface area (Å²) in [4.78, 5) is 0. The van der Waals surface area contributed by atoms with Gasteiger partial charge < -0.3 is 0 Å². The average molecular weight is 268 g/mol. The van der Waals surface area contributed by atoms with Crippen molar-refractivity contribution < 1.29 is 0 Å². The van der Waals surface area contributed by atoms with Gasteiger partial charge in [0.15, 0.2) is 0 Å². The second-order valence-corrected chi connectivity index (χ2v) is 6.43. The Labute approximate surface area is 120 Å². The standard InChI is InChI=1S/C17H36N2/c1-2-3-4-5-6-7-8-12-15-17(19-18)16-13-10-9-11-14-16/h16-17,19H,2-15,18H2,1H3. The third-order valence-corrected chi connectivity index (χ3v) is 4.80. The predicted molar refractivity (Wildman–Crippen MR) is 84.9 cm³/mol. The Balaban J connectivity index is 1.96. The lowest BCUT2D eigenvalue weighted by atomic mass is 9.82. The zero-order chi connectivity index (χ0) is 13.8. The molecular weight excluding hydrogens is 232 g/mol. The van der Waals surface area contributed by atoms with Crippen LogP contribution in [0.15, 0.2) is 0 Å². The molecule has 19 heavy (non-hydrogen) atoms. The second-order valence-electron chi connectivity index (χ2n) is 6.43. The van der Waals surface area contributed by atoms with E-state index in [4.69, 9.17) is 5.84 Å². The molecule has 0 aromatic heterocycles. The van der Waals surface area contributed by atoms with E-state index in [1.54, 1.807) is 0 Å². The summed E-state index contributed by atoms with van der Waals surface area (Å²) in [6.07, 6.45) is 19.6. The van der Waals surface area contributed by atoms with Gasteiger partial charge in [-0.3, -0.25) is 11.3 Å². The fourth-order valence-corrected chi connectivity index (χ4v) is 3.49. The number of rotatable bonds is 11. The number of unbranched alkanes of at least 4 members (excludes halogenated alkanes) is 7. The van der Waals surface area contributed by atoms with Crippen LogP contribution in [0.1, 0.15) is 96.8 Å². The van der Waals surface area contributed by atoms with Crippen molar-refractivity contribution in [3.05, 3.63) is 0 Å². The van der Waals surface area contributed by atoms with E-state index in [0.29, 0.717) is 6.04 Å². The Bertz CT molecular complexity index is 188. The van der Waals surface area contributed by atoms with Gasteiger partial charge >= 0.3 is 0 Å². The van der Waals surface area contributed by atoms with Crippen LogP contribution in [0.2, 0.25) is 0 Å². The van der Waals surface area contributed by atoms with Crippen LogP contribution >= 0.6 is 0 Å². The van der Waals surface area contributed by atoms with E-state index in [2.05, 4.69) is 12.3 Å². The van der Waals surface area contributed by atoms with Gasteiger partial charge in [-0.1, -0.05) is 77.6 Å². The van der Waals surface area contributed by atoms with Gasteiger partial charge in [0.2, 0.25) is 0 Å². The minimum atomic E-state index is 0.584. The van der Waals surface area contributed by atoms with Crippen molar-refractivity contribution in [1.82, 2.24) is 5.43 Å². The molecule has 0 heterocycles. The third kappa shape index (κ3) is 7.94. The zero-order valence-corrected chi connectivity index (χ0v) is 13.1. The minimum Gasteiger partial charge on any atom is -0.271 e. The van der Waals surface area contributed by atoms with Crippen LogP contribution in [0.3, 0.4) is 0 Å². The van der Waals surface area contributed by atoms with Crippen LogP contribution in [0.25, 0.3) is 0 Å². The van der Waals surface area contributed by atoms with Crippen LogP contribution < -0.4 is 11.3 Å². The highest BCUT2D eigenvalue weighted by Gasteiger charge is 2.21. The van der Waals surface area contributed by atoms with E-state index < -0.39 is 0 Å². The maximum Gasteiger partial charge on any atom is 0.0238 e. The summed E-state index contributed by atoms with van der Waals surface area (Å²) in [7, 11) is 0. The molecule has 0 aliphatic heterocycles. The van der Waals surface area contributed by atoms with Crippen LogP contribution in [0, 0.1) is 5.92 Å². The summed E-state index contributed by atoms with van der Waals surface area (Å²) in [6.45, 7) is 2.28. The molecule has 1 fully saturated rings. The minimum absolute atomic E-state index is 0.584. The first kappa shape index (κ1) is 17.0. The van der Waals surface area contributed by atoms with E-state index >= 15 is 0 Å². The molecular formula is C17H36N2.